The van der Waals surface area contributed by atoms with Crippen molar-refractivity contribution in [2.75, 3.05) is 20.3 Å². The molecule has 1 aromatic carbocycles. The van der Waals surface area contributed by atoms with Gasteiger partial charge < -0.3 is 19.9 Å². The zero-order valence-electron chi connectivity index (χ0n) is 13.0. The number of hydrogen-bond donors (Lipinski definition) is 2. The molecule has 1 rings (SSSR count). The summed E-state index contributed by atoms with van der Waals surface area (Å²) in [7, 11) is 1.62. The first kappa shape index (κ1) is 17.3. The number of aliphatic carboxylic acids is 1. The Morgan fingerprint density at radius 1 is 1.24 bits per heavy atom. The quantitative estimate of drug-likeness (QED) is 0.650. The lowest BCUT2D eigenvalue weighted by molar-refractivity contribution is -0.145. The van der Waals surface area contributed by atoms with E-state index < -0.39 is 11.5 Å². The Morgan fingerprint density at radius 3 is 2.33 bits per heavy atom. The van der Waals surface area contributed by atoms with E-state index in [-0.39, 0.29) is 0 Å². The number of carboxylic acids is 1. The van der Waals surface area contributed by atoms with Crippen LogP contribution in [0.4, 0.5) is 0 Å². The number of ether oxygens (including phenoxy) is 2. The summed E-state index contributed by atoms with van der Waals surface area (Å²) in [6.45, 7) is 4.94. The lowest BCUT2D eigenvalue weighted by Crippen LogP contribution is -2.51. The van der Waals surface area contributed by atoms with Crippen LogP contribution in [0, 0.1) is 0 Å². The van der Waals surface area contributed by atoms with Crippen LogP contribution >= 0.6 is 0 Å². The SMILES string of the molecule is CCNC(CC)(CCCOc1ccc(OC)cc1)C(=O)O. The Bertz CT molecular complexity index is 432. The smallest absolute Gasteiger partial charge is 0.323 e. The number of carboxylic acid groups (broad SMARTS) is 1. The Morgan fingerprint density at radius 2 is 1.86 bits per heavy atom. The Labute approximate surface area is 126 Å². The molecule has 5 nitrogen and oxygen atoms in total. The number of likely N-dealkylation sites (N-methyl/N-ethyl adjacent to an activating group) is 1. The highest BCUT2D eigenvalue weighted by molar-refractivity contribution is 5.78. The van der Waals surface area contributed by atoms with Crippen LogP contribution in [0.25, 0.3) is 0 Å². The standard InChI is InChI=1S/C16H25NO4/c1-4-16(15(18)19,17-5-2)11-6-12-21-14-9-7-13(20-3)8-10-14/h7-10,17H,4-6,11-12H2,1-3H3,(H,18,19). The maximum absolute atomic E-state index is 11.5. The molecule has 1 aromatic rings. The van der Waals surface area contributed by atoms with Gasteiger partial charge in [-0.05, 0) is 50.1 Å². The molecule has 21 heavy (non-hydrogen) atoms. The van der Waals surface area contributed by atoms with Crippen LogP contribution in [0.5, 0.6) is 11.5 Å². The number of methoxy groups -OCH3 is 1. The van der Waals surface area contributed by atoms with Gasteiger partial charge in [-0.15, -0.1) is 0 Å². The number of carbonyl (C=O) groups is 1. The van der Waals surface area contributed by atoms with E-state index in [0.29, 0.717) is 32.4 Å². The van der Waals surface area contributed by atoms with E-state index in [1.54, 1.807) is 7.11 Å². The third kappa shape index (κ3) is 4.93. The first-order chi connectivity index (χ1) is 10.1. The minimum absolute atomic E-state index is 0.493. The molecule has 1 atom stereocenters. The number of benzene rings is 1. The van der Waals surface area contributed by atoms with Crippen molar-refractivity contribution >= 4 is 5.97 Å². The topological polar surface area (TPSA) is 67.8 Å². The van der Waals surface area contributed by atoms with Crippen molar-refractivity contribution in [3.8, 4) is 11.5 Å². The fraction of sp³-hybridized carbons (Fsp3) is 0.562. The monoisotopic (exact) mass is 295 g/mol. The molecule has 0 heterocycles. The van der Waals surface area contributed by atoms with Crippen LogP contribution in [0.15, 0.2) is 24.3 Å². The Balaban J connectivity index is 2.45. The molecule has 2 N–H and O–H groups in total. The maximum atomic E-state index is 11.5. The molecule has 0 aliphatic heterocycles. The highest BCUT2D eigenvalue weighted by Gasteiger charge is 2.34. The molecule has 0 bridgehead atoms. The summed E-state index contributed by atoms with van der Waals surface area (Å²) in [4.78, 5) is 11.5. The second-order valence-corrected chi connectivity index (χ2v) is 4.90. The summed E-state index contributed by atoms with van der Waals surface area (Å²) >= 11 is 0. The Hall–Kier alpha value is -1.75. The van der Waals surface area contributed by atoms with E-state index in [0.717, 1.165) is 11.5 Å². The van der Waals surface area contributed by atoms with Gasteiger partial charge in [0.15, 0.2) is 0 Å². The van der Waals surface area contributed by atoms with Crippen LogP contribution in [-0.2, 0) is 4.79 Å². The second kappa shape index (κ2) is 8.52. The lowest BCUT2D eigenvalue weighted by atomic mass is 9.90. The third-order valence-corrected chi connectivity index (χ3v) is 3.60. The summed E-state index contributed by atoms with van der Waals surface area (Å²) in [5.74, 6) is 0.748. The Kier molecular flexibility index (Phi) is 7.02. The van der Waals surface area contributed by atoms with Crippen molar-refractivity contribution in [2.45, 2.75) is 38.6 Å². The minimum atomic E-state index is -0.849. The lowest BCUT2D eigenvalue weighted by Gasteiger charge is -2.29. The van der Waals surface area contributed by atoms with Crippen molar-refractivity contribution in [2.24, 2.45) is 0 Å². The fourth-order valence-corrected chi connectivity index (χ4v) is 2.30. The van der Waals surface area contributed by atoms with Gasteiger partial charge in [-0.1, -0.05) is 13.8 Å². The van der Waals surface area contributed by atoms with Gasteiger partial charge in [-0.25, -0.2) is 0 Å². The molecule has 0 spiro atoms. The average Bonchev–Trinajstić information content (AvgIpc) is 2.50. The van der Waals surface area contributed by atoms with Gasteiger partial charge in [0, 0.05) is 0 Å². The molecule has 0 amide bonds. The van der Waals surface area contributed by atoms with Gasteiger partial charge >= 0.3 is 5.97 Å². The van der Waals surface area contributed by atoms with E-state index in [4.69, 9.17) is 9.47 Å². The zero-order valence-corrected chi connectivity index (χ0v) is 13.0. The number of nitrogens with one attached hydrogen (secondary N) is 1. The van der Waals surface area contributed by atoms with E-state index >= 15 is 0 Å². The first-order valence-corrected chi connectivity index (χ1v) is 7.33. The van der Waals surface area contributed by atoms with Crippen molar-refractivity contribution in [3.05, 3.63) is 24.3 Å². The summed E-state index contributed by atoms with van der Waals surface area (Å²) in [5.41, 5.74) is -0.849. The molecule has 0 aromatic heterocycles. The van der Waals surface area contributed by atoms with Crippen molar-refractivity contribution in [3.63, 3.8) is 0 Å². The summed E-state index contributed by atoms with van der Waals surface area (Å²) < 4.78 is 10.7. The van der Waals surface area contributed by atoms with Crippen LogP contribution in [-0.4, -0.2) is 36.9 Å². The minimum Gasteiger partial charge on any atom is -0.497 e. The molecular weight excluding hydrogens is 270 g/mol. The van der Waals surface area contributed by atoms with Gasteiger partial charge in [0.2, 0.25) is 0 Å². The second-order valence-electron chi connectivity index (χ2n) is 4.90. The van der Waals surface area contributed by atoms with Crippen LogP contribution in [0.2, 0.25) is 0 Å². The molecule has 0 aliphatic carbocycles. The molecule has 0 aliphatic rings. The van der Waals surface area contributed by atoms with Crippen molar-refractivity contribution < 1.29 is 19.4 Å². The first-order valence-electron chi connectivity index (χ1n) is 7.33. The number of hydrogen-bond acceptors (Lipinski definition) is 4. The van der Waals surface area contributed by atoms with E-state index in [9.17, 15) is 9.90 Å². The van der Waals surface area contributed by atoms with Crippen molar-refractivity contribution in [1.29, 1.82) is 0 Å². The largest absolute Gasteiger partial charge is 0.497 e. The predicted molar refractivity (Wildman–Crippen MR) is 82.1 cm³/mol. The zero-order chi connectivity index (χ0) is 15.7. The van der Waals surface area contributed by atoms with E-state index in [1.807, 2.05) is 38.1 Å². The fourth-order valence-electron chi connectivity index (χ4n) is 2.30. The van der Waals surface area contributed by atoms with Crippen LogP contribution < -0.4 is 14.8 Å². The molecular formula is C16H25NO4. The van der Waals surface area contributed by atoms with Crippen molar-refractivity contribution in [1.82, 2.24) is 5.32 Å². The summed E-state index contributed by atoms with van der Waals surface area (Å²) in [6, 6.07) is 7.35. The third-order valence-electron chi connectivity index (χ3n) is 3.60. The molecule has 0 saturated heterocycles. The van der Waals surface area contributed by atoms with E-state index in [1.165, 1.54) is 0 Å². The van der Waals surface area contributed by atoms with Gasteiger partial charge in [0.05, 0.1) is 13.7 Å². The van der Waals surface area contributed by atoms with Gasteiger partial charge in [-0.3, -0.25) is 4.79 Å². The molecule has 118 valence electrons. The molecule has 1 unspecified atom stereocenters. The van der Waals surface area contributed by atoms with Crippen LogP contribution in [0.3, 0.4) is 0 Å². The highest BCUT2D eigenvalue weighted by Crippen LogP contribution is 2.20. The molecule has 0 radical (unpaired) electrons. The van der Waals surface area contributed by atoms with Gasteiger partial charge in [0.25, 0.3) is 0 Å². The predicted octanol–water partition coefficient (Wildman–Crippen LogP) is 2.70. The number of rotatable bonds is 10. The van der Waals surface area contributed by atoms with Gasteiger partial charge in [-0.2, -0.15) is 0 Å². The maximum Gasteiger partial charge on any atom is 0.323 e. The molecule has 0 fully saturated rings. The van der Waals surface area contributed by atoms with Gasteiger partial charge in [0.1, 0.15) is 17.0 Å². The molecule has 5 heteroatoms. The van der Waals surface area contributed by atoms with Crippen LogP contribution in [0.1, 0.15) is 33.1 Å². The van der Waals surface area contributed by atoms with E-state index in [2.05, 4.69) is 5.32 Å². The average molecular weight is 295 g/mol. The summed E-state index contributed by atoms with van der Waals surface area (Å²) in [6.07, 6.45) is 1.78. The summed E-state index contributed by atoms with van der Waals surface area (Å²) in [5, 5.41) is 12.5. The molecule has 0 saturated carbocycles. The highest BCUT2D eigenvalue weighted by atomic mass is 16.5. The normalized spacial score (nSPS) is 13.5.